The Labute approximate surface area is 172 Å². The highest BCUT2D eigenvalue weighted by Crippen LogP contribution is 2.32. The van der Waals surface area contributed by atoms with Gasteiger partial charge in [-0.1, -0.05) is 23.3 Å². The number of carboxylic acids is 1. The molecule has 1 heterocycles. The van der Waals surface area contributed by atoms with Crippen molar-refractivity contribution in [2.75, 3.05) is 6.61 Å². The quantitative estimate of drug-likeness (QED) is 0.524. The molecule has 0 bridgehead atoms. The highest BCUT2D eigenvalue weighted by molar-refractivity contribution is 7.13. The second-order valence-electron chi connectivity index (χ2n) is 6.88. The van der Waals surface area contributed by atoms with Gasteiger partial charge in [0.25, 0.3) is 0 Å². The van der Waals surface area contributed by atoms with E-state index in [4.69, 9.17) is 21.4 Å². The minimum absolute atomic E-state index is 0.0746. The van der Waals surface area contributed by atoms with Crippen LogP contribution in [0.5, 0.6) is 5.75 Å². The monoisotopic (exact) mass is 422 g/mol. The molecule has 2 aromatic rings. The van der Waals surface area contributed by atoms with Gasteiger partial charge in [0, 0.05) is 15.8 Å². The number of benzene rings is 1. The Kier molecular flexibility index (Phi) is 7.13. The summed E-state index contributed by atoms with van der Waals surface area (Å²) in [5.41, 5.74) is 1.86. The summed E-state index contributed by atoms with van der Waals surface area (Å²) >= 11 is 7.35. The summed E-state index contributed by atoms with van der Waals surface area (Å²) in [6.07, 6.45) is 4.76. The van der Waals surface area contributed by atoms with Gasteiger partial charge in [0.2, 0.25) is 0 Å². The Morgan fingerprint density at radius 3 is 2.79 bits per heavy atom. The van der Waals surface area contributed by atoms with Gasteiger partial charge < -0.3 is 20.1 Å². The molecule has 3 rings (SSSR count). The molecule has 3 N–H and O–H groups in total. The molecule has 0 unspecified atom stereocenters. The fraction of sp³-hybridized carbons (Fsp3) is 0.381. The molecule has 5 nitrogen and oxygen atoms in total. The van der Waals surface area contributed by atoms with Crippen LogP contribution in [-0.2, 0) is 13.0 Å². The van der Waals surface area contributed by atoms with Crippen molar-refractivity contribution in [3.63, 3.8) is 0 Å². The van der Waals surface area contributed by atoms with Crippen LogP contribution in [-0.4, -0.2) is 34.0 Å². The maximum absolute atomic E-state index is 11.0. The molecule has 0 saturated heterocycles. The minimum atomic E-state index is -0.888. The van der Waals surface area contributed by atoms with Crippen molar-refractivity contribution in [2.45, 2.75) is 38.4 Å². The van der Waals surface area contributed by atoms with E-state index in [1.54, 1.807) is 24.3 Å². The number of aliphatic hydroxyl groups excluding tert-OH is 2. The highest BCUT2D eigenvalue weighted by Gasteiger charge is 2.28. The molecule has 28 heavy (non-hydrogen) atoms. The third-order valence-electron chi connectivity index (χ3n) is 4.87. The lowest BCUT2D eigenvalue weighted by atomic mass is 9.96. The molecule has 0 spiro atoms. The first-order valence-corrected chi connectivity index (χ1v) is 10.4. The van der Waals surface area contributed by atoms with E-state index >= 15 is 0 Å². The second kappa shape index (κ2) is 9.56. The molecule has 2 atom stereocenters. The van der Waals surface area contributed by atoms with Crippen LogP contribution in [0.2, 0.25) is 5.02 Å². The first kappa shape index (κ1) is 20.9. The van der Waals surface area contributed by atoms with Crippen molar-refractivity contribution in [3.05, 3.63) is 62.3 Å². The number of hydrogen-bond acceptors (Lipinski definition) is 5. The molecule has 150 valence electrons. The van der Waals surface area contributed by atoms with Crippen LogP contribution < -0.4 is 4.74 Å². The first-order chi connectivity index (χ1) is 13.5. The molecule has 1 aromatic heterocycles. The summed E-state index contributed by atoms with van der Waals surface area (Å²) in [6, 6.07) is 8.63. The van der Waals surface area contributed by atoms with E-state index in [0.717, 1.165) is 24.1 Å². The van der Waals surface area contributed by atoms with Crippen molar-refractivity contribution < 1.29 is 24.9 Å². The Bertz CT molecular complexity index is 860. The number of thiophene rings is 1. The van der Waals surface area contributed by atoms with Gasteiger partial charge in [-0.15, -0.1) is 11.3 Å². The molecule has 1 aliphatic carbocycles. The van der Waals surface area contributed by atoms with Crippen molar-refractivity contribution in [1.29, 1.82) is 0 Å². The molecule has 0 amide bonds. The predicted octanol–water partition coefficient (Wildman–Crippen LogP) is 4.30. The summed E-state index contributed by atoms with van der Waals surface area (Å²) in [6.45, 7) is 0.237. The van der Waals surface area contributed by atoms with Gasteiger partial charge in [-0.05, 0) is 61.6 Å². The standard InChI is InChI=1S/C21H23ClO5S/c22-15-8-13(11-23)9-16(10-15)27-12-18-14(4-6-19(18)24)2-1-3-17-5-7-20(28-17)21(25)26/h4-5,7-10,18-19,23-24H,1-3,6,11-12H2,(H,25,26)/t18-,19-/m1/s1. The van der Waals surface area contributed by atoms with Crippen LogP contribution in [0.1, 0.15) is 39.4 Å². The van der Waals surface area contributed by atoms with Crippen LogP contribution in [0.15, 0.2) is 42.0 Å². The lowest BCUT2D eigenvalue weighted by Crippen LogP contribution is -2.23. The lowest BCUT2D eigenvalue weighted by molar-refractivity contribution is 0.0702. The Morgan fingerprint density at radius 1 is 1.25 bits per heavy atom. The van der Waals surface area contributed by atoms with Gasteiger partial charge in [-0.3, -0.25) is 0 Å². The molecular formula is C21H23ClO5S. The largest absolute Gasteiger partial charge is 0.493 e. The number of aliphatic hydroxyl groups is 2. The van der Waals surface area contributed by atoms with Crippen LogP contribution >= 0.6 is 22.9 Å². The number of halogens is 1. The highest BCUT2D eigenvalue weighted by atomic mass is 35.5. The van der Waals surface area contributed by atoms with E-state index in [2.05, 4.69) is 6.08 Å². The normalized spacial score (nSPS) is 18.9. The van der Waals surface area contributed by atoms with Gasteiger partial charge in [-0.2, -0.15) is 0 Å². The van der Waals surface area contributed by atoms with Crippen LogP contribution in [0.25, 0.3) is 0 Å². The smallest absolute Gasteiger partial charge is 0.345 e. The molecule has 0 aliphatic heterocycles. The van der Waals surface area contributed by atoms with E-state index in [-0.39, 0.29) is 12.5 Å². The molecule has 0 saturated carbocycles. The molecule has 0 radical (unpaired) electrons. The topological polar surface area (TPSA) is 87.0 Å². The average molecular weight is 423 g/mol. The van der Waals surface area contributed by atoms with Crippen molar-refractivity contribution in [2.24, 2.45) is 5.92 Å². The van der Waals surface area contributed by atoms with Gasteiger partial charge >= 0.3 is 5.97 Å². The Morgan fingerprint density at radius 2 is 2.07 bits per heavy atom. The number of hydrogen-bond donors (Lipinski definition) is 3. The summed E-state index contributed by atoms with van der Waals surface area (Å²) in [5, 5.41) is 29.1. The SMILES string of the molecule is O=C(O)c1ccc(CCCC2=CC[C@@H](O)[C@@H]2COc2cc(Cl)cc(CO)c2)s1. The summed E-state index contributed by atoms with van der Waals surface area (Å²) < 4.78 is 5.85. The van der Waals surface area contributed by atoms with Gasteiger partial charge in [0.1, 0.15) is 10.6 Å². The van der Waals surface area contributed by atoms with Crippen molar-refractivity contribution >= 4 is 28.9 Å². The third kappa shape index (κ3) is 5.35. The zero-order chi connectivity index (χ0) is 20.1. The summed E-state index contributed by atoms with van der Waals surface area (Å²) in [7, 11) is 0. The Balaban J connectivity index is 1.53. The minimum Gasteiger partial charge on any atom is -0.493 e. The van der Waals surface area contributed by atoms with Gasteiger partial charge in [0.05, 0.1) is 19.3 Å². The second-order valence-corrected chi connectivity index (χ2v) is 8.48. The zero-order valence-corrected chi connectivity index (χ0v) is 16.9. The van der Waals surface area contributed by atoms with E-state index in [0.29, 0.717) is 34.2 Å². The molecule has 7 heteroatoms. The fourth-order valence-electron chi connectivity index (χ4n) is 3.42. The average Bonchev–Trinajstić information content (AvgIpc) is 3.27. The Hall–Kier alpha value is -1.86. The first-order valence-electron chi connectivity index (χ1n) is 9.18. The van der Waals surface area contributed by atoms with E-state index in [9.17, 15) is 15.0 Å². The van der Waals surface area contributed by atoms with Crippen LogP contribution in [0.4, 0.5) is 0 Å². The zero-order valence-electron chi connectivity index (χ0n) is 15.3. The van der Waals surface area contributed by atoms with Crippen LogP contribution in [0.3, 0.4) is 0 Å². The number of ether oxygens (including phenoxy) is 1. The van der Waals surface area contributed by atoms with E-state index in [1.165, 1.54) is 16.9 Å². The van der Waals surface area contributed by atoms with Gasteiger partial charge in [0.15, 0.2) is 0 Å². The lowest BCUT2D eigenvalue weighted by Gasteiger charge is -2.20. The van der Waals surface area contributed by atoms with Crippen molar-refractivity contribution in [3.8, 4) is 5.75 Å². The molecular weight excluding hydrogens is 400 g/mol. The number of aromatic carboxylic acids is 1. The number of carboxylic acid groups (broad SMARTS) is 1. The number of aryl methyl sites for hydroxylation is 1. The van der Waals surface area contributed by atoms with Gasteiger partial charge in [-0.25, -0.2) is 4.79 Å². The summed E-state index contributed by atoms with van der Waals surface area (Å²) in [5.74, 6) is -0.385. The maximum Gasteiger partial charge on any atom is 0.345 e. The van der Waals surface area contributed by atoms with Crippen LogP contribution in [0, 0.1) is 5.92 Å². The van der Waals surface area contributed by atoms with E-state index < -0.39 is 12.1 Å². The third-order valence-corrected chi connectivity index (χ3v) is 6.22. The van der Waals surface area contributed by atoms with E-state index in [1.807, 2.05) is 6.07 Å². The molecule has 0 fully saturated rings. The number of carbonyl (C=O) groups is 1. The molecule has 1 aliphatic rings. The summed E-state index contributed by atoms with van der Waals surface area (Å²) in [4.78, 5) is 12.4. The number of rotatable bonds is 9. The molecule has 1 aromatic carbocycles. The predicted molar refractivity (Wildman–Crippen MR) is 109 cm³/mol. The maximum atomic E-state index is 11.0. The van der Waals surface area contributed by atoms with Crippen molar-refractivity contribution in [1.82, 2.24) is 0 Å². The fourth-order valence-corrected chi connectivity index (χ4v) is 4.55.